The molecule has 0 radical (unpaired) electrons. The van der Waals surface area contributed by atoms with Crippen LogP contribution in [-0.4, -0.2) is 18.6 Å². The molecule has 2 rings (SSSR count). The number of hydrogen-bond donors (Lipinski definition) is 1. The Morgan fingerprint density at radius 1 is 1.25 bits per heavy atom. The molecular formula is C13H16N2O. The maximum atomic E-state index is 5.35. The Labute approximate surface area is 95.5 Å². The number of rotatable bonds is 4. The summed E-state index contributed by atoms with van der Waals surface area (Å²) in [6.45, 7) is 2.92. The molecule has 0 aliphatic carbocycles. The standard InChI is InChI=1S/C13H16N2O/c1-10-9-16-13(15-10)12-5-3-11(4-6-12)7-8-14-2/h3-6,9,14H,7-8H2,1-2H3. The van der Waals surface area contributed by atoms with Crippen LogP contribution in [0.25, 0.3) is 11.5 Å². The number of nitrogens with one attached hydrogen (secondary N) is 1. The van der Waals surface area contributed by atoms with E-state index in [0.29, 0.717) is 5.89 Å². The van der Waals surface area contributed by atoms with Crippen molar-refractivity contribution in [3.05, 3.63) is 41.8 Å². The predicted molar refractivity (Wildman–Crippen MR) is 64.3 cm³/mol. The van der Waals surface area contributed by atoms with E-state index in [-0.39, 0.29) is 0 Å². The fraction of sp³-hybridized carbons (Fsp3) is 0.308. The van der Waals surface area contributed by atoms with Crippen molar-refractivity contribution in [2.24, 2.45) is 0 Å². The minimum atomic E-state index is 0.692. The Morgan fingerprint density at radius 2 is 2.00 bits per heavy atom. The van der Waals surface area contributed by atoms with Crippen molar-refractivity contribution in [2.45, 2.75) is 13.3 Å². The van der Waals surface area contributed by atoms with Crippen molar-refractivity contribution >= 4 is 0 Å². The second-order valence-electron chi connectivity index (χ2n) is 3.84. The van der Waals surface area contributed by atoms with Crippen LogP contribution >= 0.6 is 0 Å². The van der Waals surface area contributed by atoms with Gasteiger partial charge in [-0.1, -0.05) is 12.1 Å². The minimum Gasteiger partial charge on any atom is -0.444 e. The molecule has 2 aromatic rings. The number of hydrogen-bond acceptors (Lipinski definition) is 3. The van der Waals surface area contributed by atoms with Gasteiger partial charge in [0.25, 0.3) is 0 Å². The summed E-state index contributed by atoms with van der Waals surface area (Å²) in [6.07, 6.45) is 2.71. The highest BCUT2D eigenvalue weighted by Gasteiger charge is 2.03. The van der Waals surface area contributed by atoms with Crippen molar-refractivity contribution < 1.29 is 4.42 Å². The van der Waals surface area contributed by atoms with Gasteiger partial charge in [0.2, 0.25) is 5.89 Å². The van der Waals surface area contributed by atoms with Crippen LogP contribution in [0.4, 0.5) is 0 Å². The summed E-state index contributed by atoms with van der Waals surface area (Å²) in [6, 6.07) is 8.34. The number of nitrogens with zero attached hydrogens (tertiary/aromatic N) is 1. The van der Waals surface area contributed by atoms with Crippen molar-refractivity contribution in [1.29, 1.82) is 0 Å². The van der Waals surface area contributed by atoms with E-state index in [4.69, 9.17) is 4.42 Å². The first kappa shape index (κ1) is 10.9. The highest BCUT2D eigenvalue weighted by atomic mass is 16.3. The number of oxazole rings is 1. The molecule has 0 unspecified atom stereocenters. The van der Waals surface area contributed by atoms with Gasteiger partial charge in [-0.2, -0.15) is 0 Å². The maximum absolute atomic E-state index is 5.35. The molecule has 84 valence electrons. The third-order valence-electron chi connectivity index (χ3n) is 2.48. The Kier molecular flexibility index (Phi) is 3.37. The topological polar surface area (TPSA) is 38.1 Å². The summed E-state index contributed by atoms with van der Waals surface area (Å²) < 4.78 is 5.35. The average Bonchev–Trinajstić information content (AvgIpc) is 2.74. The second-order valence-corrected chi connectivity index (χ2v) is 3.84. The fourth-order valence-corrected chi connectivity index (χ4v) is 1.57. The van der Waals surface area contributed by atoms with Crippen LogP contribution in [0.15, 0.2) is 34.9 Å². The summed E-state index contributed by atoms with van der Waals surface area (Å²) in [5.74, 6) is 0.692. The van der Waals surface area contributed by atoms with Crippen LogP contribution in [0.2, 0.25) is 0 Å². The molecule has 1 aromatic heterocycles. The zero-order chi connectivity index (χ0) is 11.4. The number of aromatic nitrogens is 1. The molecule has 0 aliphatic rings. The molecule has 0 amide bonds. The van der Waals surface area contributed by atoms with Gasteiger partial charge < -0.3 is 9.73 Å². The molecule has 3 heteroatoms. The van der Waals surface area contributed by atoms with Crippen molar-refractivity contribution in [3.63, 3.8) is 0 Å². The molecule has 1 aromatic carbocycles. The van der Waals surface area contributed by atoms with Gasteiger partial charge in [0.05, 0.1) is 5.69 Å². The summed E-state index contributed by atoms with van der Waals surface area (Å²) >= 11 is 0. The zero-order valence-corrected chi connectivity index (χ0v) is 9.66. The molecule has 16 heavy (non-hydrogen) atoms. The van der Waals surface area contributed by atoms with Crippen LogP contribution in [-0.2, 0) is 6.42 Å². The summed E-state index contributed by atoms with van der Waals surface area (Å²) in [7, 11) is 1.96. The SMILES string of the molecule is CNCCc1ccc(-c2nc(C)co2)cc1. The lowest BCUT2D eigenvalue weighted by Crippen LogP contribution is -2.10. The van der Waals surface area contributed by atoms with E-state index in [1.165, 1.54) is 5.56 Å². The van der Waals surface area contributed by atoms with Gasteiger partial charge in [0, 0.05) is 5.56 Å². The van der Waals surface area contributed by atoms with Crippen molar-refractivity contribution in [2.75, 3.05) is 13.6 Å². The van der Waals surface area contributed by atoms with E-state index < -0.39 is 0 Å². The van der Waals surface area contributed by atoms with Crippen LogP contribution < -0.4 is 5.32 Å². The first-order valence-corrected chi connectivity index (χ1v) is 5.45. The molecule has 3 nitrogen and oxygen atoms in total. The Balaban J connectivity index is 2.13. The quantitative estimate of drug-likeness (QED) is 0.853. The molecule has 1 heterocycles. The third-order valence-corrected chi connectivity index (χ3v) is 2.48. The Hall–Kier alpha value is -1.61. The highest BCUT2D eigenvalue weighted by molar-refractivity contribution is 5.53. The van der Waals surface area contributed by atoms with E-state index in [1.54, 1.807) is 6.26 Å². The van der Waals surface area contributed by atoms with Gasteiger partial charge in [-0.3, -0.25) is 0 Å². The minimum absolute atomic E-state index is 0.692. The highest BCUT2D eigenvalue weighted by Crippen LogP contribution is 2.18. The largest absolute Gasteiger partial charge is 0.444 e. The number of benzene rings is 1. The lowest BCUT2D eigenvalue weighted by atomic mass is 10.1. The molecule has 0 spiro atoms. The average molecular weight is 216 g/mol. The molecule has 0 aliphatic heterocycles. The molecule has 0 bridgehead atoms. The Bertz CT molecular complexity index is 445. The number of likely N-dealkylation sites (N-methyl/N-ethyl adjacent to an activating group) is 1. The lowest BCUT2D eigenvalue weighted by molar-refractivity contribution is 0.573. The third kappa shape index (κ3) is 2.49. The molecular weight excluding hydrogens is 200 g/mol. The van der Waals surface area contributed by atoms with E-state index in [1.807, 2.05) is 14.0 Å². The van der Waals surface area contributed by atoms with Crippen molar-refractivity contribution in [1.82, 2.24) is 10.3 Å². The van der Waals surface area contributed by atoms with E-state index in [2.05, 4.69) is 34.6 Å². The van der Waals surface area contributed by atoms with Gasteiger partial charge in [-0.05, 0) is 44.6 Å². The van der Waals surface area contributed by atoms with Crippen LogP contribution in [0.5, 0.6) is 0 Å². The lowest BCUT2D eigenvalue weighted by Gasteiger charge is -2.01. The van der Waals surface area contributed by atoms with E-state index >= 15 is 0 Å². The first-order chi connectivity index (χ1) is 7.79. The van der Waals surface area contributed by atoms with Gasteiger partial charge in [-0.15, -0.1) is 0 Å². The zero-order valence-electron chi connectivity index (χ0n) is 9.66. The van der Waals surface area contributed by atoms with E-state index in [0.717, 1.165) is 24.2 Å². The van der Waals surface area contributed by atoms with Crippen molar-refractivity contribution in [3.8, 4) is 11.5 Å². The van der Waals surface area contributed by atoms with Crippen LogP contribution in [0.1, 0.15) is 11.3 Å². The molecule has 1 N–H and O–H groups in total. The first-order valence-electron chi connectivity index (χ1n) is 5.45. The van der Waals surface area contributed by atoms with Gasteiger partial charge in [0.15, 0.2) is 0 Å². The molecule has 0 fully saturated rings. The smallest absolute Gasteiger partial charge is 0.226 e. The Morgan fingerprint density at radius 3 is 2.56 bits per heavy atom. The van der Waals surface area contributed by atoms with Crippen LogP contribution in [0, 0.1) is 6.92 Å². The molecule has 0 saturated heterocycles. The number of aryl methyl sites for hydroxylation is 1. The van der Waals surface area contributed by atoms with Gasteiger partial charge in [-0.25, -0.2) is 4.98 Å². The van der Waals surface area contributed by atoms with E-state index in [9.17, 15) is 0 Å². The summed E-state index contributed by atoms with van der Waals surface area (Å²) in [4.78, 5) is 4.29. The maximum Gasteiger partial charge on any atom is 0.226 e. The predicted octanol–water partition coefficient (Wildman–Crippen LogP) is 2.41. The normalized spacial score (nSPS) is 10.6. The fourth-order valence-electron chi connectivity index (χ4n) is 1.57. The van der Waals surface area contributed by atoms with Gasteiger partial charge >= 0.3 is 0 Å². The summed E-state index contributed by atoms with van der Waals surface area (Å²) in [5, 5.41) is 3.13. The molecule has 0 saturated carbocycles. The summed E-state index contributed by atoms with van der Waals surface area (Å²) in [5.41, 5.74) is 3.26. The monoisotopic (exact) mass is 216 g/mol. The van der Waals surface area contributed by atoms with Gasteiger partial charge in [0.1, 0.15) is 6.26 Å². The molecule has 0 atom stereocenters. The van der Waals surface area contributed by atoms with Crippen LogP contribution in [0.3, 0.4) is 0 Å². The second kappa shape index (κ2) is 4.94.